The minimum Gasteiger partial charge on any atom is -0.465 e. The van der Waals surface area contributed by atoms with Crippen molar-refractivity contribution in [2.24, 2.45) is 16.8 Å². The van der Waals surface area contributed by atoms with Gasteiger partial charge in [0.15, 0.2) is 0 Å². The summed E-state index contributed by atoms with van der Waals surface area (Å²) in [7, 11) is 5.01. The number of aromatic amines is 2. The normalized spacial score (nSPS) is 18.1. The smallest absolute Gasteiger partial charge is 0.407 e. The molecule has 300 valence electrons. The van der Waals surface area contributed by atoms with Gasteiger partial charge in [-0.1, -0.05) is 76.2 Å². The van der Waals surface area contributed by atoms with Gasteiger partial charge < -0.3 is 35.1 Å². The number of carbonyl (C=O) groups excluding carboxylic acids is 2. The highest BCUT2D eigenvalue weighted by Gasteiger charge is 2.40. The Hall–Kier alpha value is -6.17. The molecule has 15 nitrogen and oxygen atoms in total. The first-order chi connectivity index (χ1) is 27.3. The summed E-state index contributed by atoms with van der Waals surface area (Å²) < 4.78 is 0. The number of nitrogens with zero attached hydrogens (tertiary/aromatic N) is 8. The van der Waals surface area contributed by atoms with Gasteiger partial charge in [-0.2, -0.15) is 5.26 Å². The Kier molecular flexibility index (Phi) is 12.3. The van der Waals surface area contributed by atoms with E-state index in [0.717, 1.165) is 70.0 Å². The number of likely N-dealkylation sites (N-methyl/N-ethyl adjacent to an activating group) is 1. The van der Waals surface area contributed by atoms with Crippen LogP contribution < -0.4 is 5.32 Å². The molecule has 0 radical (unpaired) electrons. The minimum absolute atomic E-state index is 0.0333. The molecule has 0 spiro atoms. The molecule has 57 heavy (non-hydrogen) atoms. The van der Waals surface area contributed by atoms with Gasteiger partial charge in [0.2, 0.25) is 24.0 Å². The zero-order chi connectivity index (χ0) is 41.0. The second-order valence-electron chi connectivity index (χ2n) is 15.8. The van der Waals surface area contributed by atoms with Gasteiger partial charge in [-0.15, -0.1) is 4.99 Å². The SMILES string of the molecule is CC(C)[C@H](NC(=NC#N)N(C)C)C(=O)N1CCC[C@H]1c1ncc(-c2ccc(-c3ccc(-c4cnc([C@@H]5CCCN5C(=O)[C@H](C(C)C)N(C)C(=O)O)[nH]4)cc3)cc2)[nH]1. The number of guanidine groups is 1. The Morgan fingerprint density at radius 1 is 0.789 bits per heavy atom. The fourth-order valence-corrected chi connectivity index (χ4v) is 7.95. The van der Waals surface area contributed by atoms with Crippen LogP contribution in [0.5, 0.6) is 0 Å². The topological polar surface area (TPSA) is 190 Å². The molecule has 4 aromatic rings. The van der Waals surface area contributed by atoms with Crippen LogP contribution >= 0.6 is 0 Å². The second kappa shape index (κ2) is 17.3. The highest BCUT2D eigenvalue weighted by Crippen LogP contribution is 2.35. The van der Waals surface area contributed by atoms with Gasteiger partial charge in [-0.05, 0) is 59.8 Å². The molecule has 2 aromatic carbocycles. The van der Waals surface area contributed by atoms with Crippen LogP contribution in [0.25, 0.3) is 33.6 Å². The van der Waals surface area contributed by atoms with Gasteiger partial charge in [-0.3, -0.25) is 14.5 Å². The third-order valence-electron chi connectivity index (χ3n) is 11.0. The van der Waals surface area contributed by atoms with Crippen LogP contribution in [0, 0.1) is 23.3 Å². The zero-order valence-electron chi connectivity index (χ0n) is 33.7. The highest BCUT2D eigenvalue weighted by molar-refractivity contribution is 5.90. The number of carboxylic acid groups (broad SMARTS) is 1. The molecule has 0 unspecified atom stereocenters. The van der Waals surface area contributed by atoms with Crippen LogP contribution in [-0.4, -0.2) is 115 Å². The molecule has 4 atom stereocenters. The molecule has 3 amide bonds. The fourth-order valence-electron chi connectivity index (χ4n) is 7.95. The molecule has 2 aliphatic heterocycles. The predicted octanol–water partition coefficient (Wildman–Crippen LogP) is 6.11. The predicted molar refractivity (Wildman–Crippen MR) is 217 cm³/mol. The van der Waals surface area contributed by atoms with E-state index in [1.54, 1.807) is 30.1 Å². The largest absolute Gasteiger partial charge is 0.465 e. The molecule has 2 fully saturated rings. The number of rotatable bonds is 11. The molecule has 2 saturated heterocycles. The molecule has 2 aromatic heterocycles. The maximum absolute atomic E-state index is 13.9. The number of aromatic nitrogens is 4. The average molecular weight is 776 g/mol. The van der Waals surface area contributed by atoms with Crippen molar-refractivity contribution in [3.05, 3.63) is 72.6 Å². The fraction of sp³-hybridized carbons (Fsp3) is 0.452. The molecule has 4 N–H and O–H groups in total. The van der Waals surface area contributed by atoms with Gasteiger partial charge in [0.05, 0.1) is 35.9 Å². The number of nitriles is 1. The van der Waals surface area contributed by atoms with E-state index in [1.807, 2.05) is 57.1 Å². The molecule has 4 heterocycles. The lowest BCUT2D eigenvalue weighted by atomic mass is 10.0. The summed E-state index contributed by atoms with van der Waals surface area (Å²) in [5, 5.41) is 21.9. The summed E-state index contributed by atoms with van der Waals surface area (Å²) in [4.78, 5) is 65.8. The van der Waals surface area contributed by atoms with E-state index in [4.69, 9.17) is 10.2 Å². The van der Waals surface area contributed by atoms with Crippen LogP contribution in [0.4, 0.5) is 4.79 Å². The second-order valence-corrected chi connectivity index (χ2v) is 15.8. The first kappa shape index (κ1) is 40.5. The van der Waals surface area contributed by atoms with Crippen molar-refractivity contribution in [3.63, 3.8) is 0 Å². The maximum atomic E-state index is 13.9. The van der Waals surface area contributed by atoms with Crippen molar-refractivity contribution in [2.45, 2.75) is 77.5 Å². The number of H-pyrrole nitrogens is 2. The number of likely N-dealkylation sites (tertiary alicyclic amines) is 2. The molecular weight excluding hydrogens is 723 g/mol. The van der Waals surface area contributed by atoms with Gasteiger partial charge >= 0.3 is 6.09 Å². The Morgan fingerprint density at radius 2 is 1.25 bits per heavy atom. The number of hydrogen-bond donors (Lipinski definition) is 4. The van der Waals surface area contributed by atoms with Gasteiger partial charge in [0.25, 0.3) is 0 Å². The lowest BCUT2D eigenvalue weighted by molar-refractivity contribution is -0.138. The third kappa shape index (κ3) is 8.65. The number of nitrogens with one attached hydrogen (secondary N) is 3. The minimum atomic E-state index is -1.12. The van der Waals surface area contributed by atoms with E-state index in [0.29, 0.717) is 24.9 Å². The van der Waals surface area contributed by atoms with E-state index >= 15 is 0 Å². The van der Waals surface area contributed by atoms with Crippen molar-refractivity contribution in [1.82, 2.24) is 44.9 Å². The van der Waals surface area contributed by atoms with Gasteiger partial charge in [0.1, 0.15) is 23.7 Å². The Morgan fingerprint density at radius 3 is 1.65 bits per heavy atom. The van der Waals surface area contributed by atoms with Crippen molar-refractivity contribution in [1.29, 1.82) is 5.26 Å². The number of imidazole rings is 2. The number of carbonyl (C=O) groups is 3. The summed E-state index contributed by atoms with van der Waals surface area (Å²) in [6.45, 7) is 8.86. The van der Waals surface area contributed by atoms with Crippen LogP contribution in [0.1, 0.15) is 77.1 Å². The van der Waals surface area contributed by atoms with Crippen LogP contribution in [0.3, 0.4) is 0 Å². The maximum Gasteiger partial charge on any atom is 0.407 e. The van der Waals surface area contributed by atoms with Crippen LogP contribution in [0.2, 0.25) is 0 Å². The average Bonchev–Trinajstić information content (AvgIpc) is 4.02. The monoisotopic (exact) mass is 775 g/mol. The first-order valence-electron chi connectivity index (χ1n) is 19.6. The van der Waals surface area contributed by atoms with Crippen molar-refractivity contribution >= 4 is 23.9 Å². The summed E-state index contributed by atoms with van der Waals surface area (Å²) in [5.41, 5.74) is 5.76. The van der Waals surface area contributed by atoms with E-state index in [2.05, 4.69) is 61.7 Å². The Balaban J connectivity index is 1.11. The standard InChI is InChI=1S/C42H53N11O4/c1-25(2)35(49-41(46-24-43)50(5)6)39(54)52-20-8-10-33(52)37-44-22-31(47-37)29-16-12-27(13-17-29)28-14-18-30(19-15-28)32-23-45-38(48-32)34-11-9-21-53(34)40(55)36(26(3)4)51(7)42(56)57/h12-19,22-23,25-26,33-36H,8-11,20-21H2,1-7H3,(H,44,47)(H,45,48)(H,46,49)(H,56,57)/t33-,34-,35-,36-/m0/s1. The number of amides is 3. The number of aliphatic imine (C=N–C) groups is 1. The van der Waals surface area contributed by atoms with Gasteiger partial charge in [-0.25, -0.2) is 14.8 Å². The van der Waals surface area contributed by atoms with Crippen molar-refractivity contribution in [2.75, 3.05) is 34.2 Å². The third-order valence-corrected chi connectivity index (χ3v) is 11.0. The van der Waals surface area contributed by atoms with Gasteiger partial charge in [0, 0.05) is 34.2 Å². The summed E-state index contributed by atoms with van der Waals surface area (Å²) >= 11 is 0. The highest BCUT2D eigenvalue weighted by atomic mass is 16.4. The van der Waals surface area contributed by atoms with Crippen molar-refractivity contribution in [3.8, 4) is 39.8 Å². The molecule has 0 saturated carbocycles. The van der Waals surface area contributed by atoms with E-state index in [-0.39, 0.29) is 35.7 Å². The van der Waals surface area contributed by atoms with Crippen molar-refractivity contribution < 1.29 is 19.5 Å². The summed E-state index contributed by atoms with van der Waals surface area (Å²) in [6, 6.07) is 14.7. The molecule has 2 aliphatic rings. The summed E-state index contributed by atoms with van der Waals surface area (Å²) in [6.07, 6.45) is 7.54. The lowest BCUT2D eigenvalue weighted by Gasteiger charge is -2.33. The number of hydrogen-bond acceptors (Lipinski definition) is 7. The summed E-state index contributed by atoms with van der Waals surface area (Å²) in [5.74, 6) is 1.34. The van der Waals surface area contributed by atoms with E-state index in [1.165, 1.54) is 7.05 Å². The number of benzene rings is 2. The molecule has 0 aliphatic carbocycles. The van der Waals surface area contributed by atoms with Crippen LogP contribution in [0.15, 0.2) is 65.9 Å². The van der Waals surface area contributed by atoms with E-state index in [9.17, 15) is 19.5 Å². The molecule has 6 rings (SSSR count). The lowest BCUT2D eigenvalue weighted by Crippen LogP contribution is -2.53. The quantitative estimate of drug-likeness (QED) is 0.0792. The Labute approximate surface area is 333 Å². The molecular formula is C42H53N11O4. The molecule has 15 heteroatoms. The first-order valence-corrected chi connectivity index (χ1v) is 19.6. The zero-order valence-corrected chi connectivity index (χ0v) is 33.7. The Bertz CT molecular complexity index is 2110. The van der Waals surface area contributed by atoms with Crippen LogP contribution in [-0.2, 0) is 9.59 Å². The van der Waals surface area contributed by atoms with E-state index < -0.39 is 18.2 Å². The molecule has 0 bridgehead atoms.